The molecule has 2 heteroatoms. The molecular weight excluding hydrogens is 184 g/mol. The van der Waals surface area contributed by atoms with Crippen LogP contribution in [0.15, 0.2) is 0 Å². The maximum absolute atomic E-state index is 3.60. The van der Waals surface area contributed by atoms with Gasteiger partial charge < -0.3 is 10.2 Å². The Balaban J connectivity index is 2.29. The average Bonchev–Trinajstić information content (AvgIpc) is 2.64. The Kier molecular flexibility index (Phi) is 4.60. The molecule has 1 aliphatic rings. The van der Waals surface area contributed by atoms with Crippen LogP contribution in [0.5, 0.6) is 0 Å². The van der Waals surface area contributed by atoms with Crippen LogP contribution in [-0.2, 0) is 0 Å². The molecule has 0 aromatic carbocycles. The molecule has 2 atom stereocenters. The normalized spacial score (nSPS) is 23.0. The number of hydrogen-bond donors (Lipinski definition) is 1. The Labute approximate surface area is 95.4 Å². The van der Waals surface area contributed by atoms with Crippen LogP contribution in [0.2, 0.25) is 0 Å². The van der Waals surface area contributed by atoms with Crippen LogP contribution in [0.25, 0.3) is 0 Å². The second kappa shape index (κ2) is 5.31. The minimum absolute atomic E-state index is 0.249. The first-order valence-corrected chi connectivity index (χ1v) is 6.39. The molecule has 0 aromatic heterocycles. The van der Waals surface area contributed by atoms with Gasteiger partial charge in [0.25, 0.3) is 0 Å². The van der Waals surface area contributed by atoms with Gasteiger partial charge in [-0.3, -0.25) is 0 Å². The summed E-state index contributed by atoms with van der Waals surface area (Å²) in [6.45, 7) is 15.2. The first-order chi connectivity index (χ1) is 6.90. The highest BCUT2D eigenvalue weighted by atomic mass is 15.2. The average molecular weight is 212 g/mol. The third kappa shape index (κ3) is 4.52. The van der Waals surface area contributed by atoms with E-state index < -0.39 is 0 Å². The van der Waals surface area contributed by atoms with Crippen LogP contribution in [-0.4, -0.2) is 36.1 Å². The topological polar surface area (TPSA) is 15.3 Å². The lowest BCUT2D eigenvalue weighted by Crippen LogP contribution is -2.44. The fourth-order valence-corrected chi connectivity index (χ4v) is 2.15. The SMILES string of the molecule is CC(CNC(C)(C)C)C(C)N1CCCC1. The van der Waals surface area contributed by atoms with E-state index in [1.807, 2.05) is 0 Å². The second-order valence-corrected chi connectivity index (χ2v) is 6.09. The standard InChI is InChI=1S/C13H28N2/c1-11(10-14-13(3,4)5)12(2)15-8-6-7-9-15/h11-12,14H,6-10H2,1-5H3. The summed E-state index contributed by atoms with van der Waals surface area (Å²) < 4.78 is 0. The van der Waals surface area contributed by atoms with Crippen molar-refractivity contribution in [2.75, 3.05) is 19.6 Å². The van der Waals surface area contributed by atoms with E-state index in [1.165, 1.54) is 25.9 Å². The lowest BCUT2D eigenvalue weighted by Gasteiger charge is -2.32. The Morgan fingerprint density at radius 1 is 1.13 bits per heavy atom. The van der Waals surface area contributed by atoms with Crippen LogP contribution < -0.4 is 5.32 Å². The Hall–Kier alpha value is -0.0800. The molecule has 0 spiro atoms. The van der Waals surface area contributed by atoms with Crippen LogP contribution in [0.4, 0.5) is 0 Å². The Morgan fingerprint density at radius 3 is 2.13 bits per heavy atom. The summed E-state index contributed by atoms with van der Waals surface area (Å²) in [5, 5.41) is 3.60. The van der Waals surface area contributed by atoms with Gasteiger partial charge in [0.2, 0.25) is 0 Å². The summed E-state index contributed by atoms with van der Waals surface area (Å²) in [5.41, 5.74) is 0.249. The number of hydrogen-bond acceptors (Lipinski definition) is 2. The molecule has 1 saturated heterocycles. The smallest absolute Gasteiger partial charge is 0.0105 e. The van der Waals surface area contributed by atoms with Gasteiger partial charge in [-0.1, -0.05) is 6.92 Å². The monoisotopic (exact) mass is 212 g/mol. The van der Waals surface area contributed by atoms with Crippen molar-refractivity contribution in [1.82, 2.24) is 10.2 Å². The number of likely N-dealkylation sites (tertiary alicyclic amines) is 1. The fraction of sp³-hybridized carbons (Fsp3) is 1.00. The zero-order valence-corrected chi connectivity index (χ0v) is 11.1. The maximum Gasteiger partial charge on any atom is 0.0105 e. The molecular formula is C13H28N2. The van der Waals surface area contributed by atoms with Crippen molar-refractivity contribution < 1.29 is 0 Å². The van der Waals surface area contributed by atoms with E-state index in [0.29, 0.717) is 0 Å². The minimum Gasteiger partial charge on any atom is -0.312 e. The molecule has 0 amide bonds. The van der Waals surface area contributed by atoms with Crippen molar-refractivity contribution in [2.45, 2.75) is 59.0 Å². The van der Waals surface area contributed by atoms with Crippen molar-refractivity contribution in [3.63, 3.8) is 0 Å². The van der Waals surface area contributed by atoms with Crippen LogP contribution in [0.1, 0.15) is 47.5 Å². The molecule has 0 saturated carbocycles. The molecule has 0 aromatic rings. The zero-order chi connectivity index (χ0) is 11.5. The molecule has 0 aliphatic carbocycles. The van der Waals surface area contributed by atoms with E-state index in [9.17, 15) is 0 Å². The van der Waals surface area contributed by atoms with E-state index >= 15 is 0 Å². The van der Waals surface area contributed by atoms with Crippen molar-refractivity contribution in [2.24, 2.45) is 5.92 Å². The summed E-state index contributed by atoms with van der Waals surface area (Å²) in [6.07, 6.45) is 2.79. The fourth-order valence-electron chi connectivity index (χ4n) is 2.15. The van der Waals surface area contributed by atoms with Gasteiger partial charge in [0.15, 0.2) is 0 Å². The quantitative estimate of drug-likeness (QED) is 0.770. The predicted molar refractivity (Wildman–Crippen MR) is 67.2 cm³/mol. The summed E-state index contributed by atoms with van der Waals surface area (Å²) in [4.78, 5) is 2.63. The molecule has 2 nitrogen and oxygen atoms in total. The molecule has 0 bridgehead atoms. The Bertz CT molecular complexity index is 177. The van der Waals surface area contributed by atoms with Gasteiger partial charge in [-0.15, -0.1) is 0 Å². The van der Waals surface area contributed by atoms with Gasteiger partial charge in [-0.2, -0.15) is 0 Å². The predicted octanol–water partition coefficient (Wildman–Crippen LogP) is 2.49. The van der Waals surface area contributed by atoms with E-state index in [4.69, 9.17) is 0 Å². The first kappa shape index (κ1) is 13.0. The van der Waals surface area contributed by atoms with Gasteiger partial charge in [-0.05, 0) is 66.1 Å². The summed E-state index contributed by atoms with van der Waals surface area (Å²) in [6, 6.07) is 0.724. The minimum atomic E-state index is 0.249. The number of nitrogens with one attached hydrogen (secondary N) is 1. The van der Waals surface area contributed by atoms with E-state index in [-0.39, 0.29) is 5.54 Å². The van der Waals surface area contributed by atoms with Crippen molar-refractivity contribution in [3.05, 3.63) is 0 Å². The van der Waals surface area contributed by atoms with E-state index in [0.717, 1.165) is 18.5 Å². The molecule has 1 heterocycles. The van der Waals surface area contributed by atoms with Gasteiger partial charge in [0.05, 0.1) is 0 Å². The highest BCUT2D eigenvalue weighted by Crippen LogP contribution is 2.17. The van der Waals surface area contributed by atoms with Gasteiger partial charge in [-0.25, -0.2) is 0 Å². The third-order valence-corrected chi connectivity index (χ3v) is 3.49. The maximum atomic E-state index is 3.60. The lowest BCUT2D eigenvalue weighted by atomic mass is 10.0. The largest absolute Gasteiger partial charge is 0.312 e. The molecule has 1 fully saturated rings. The van der Waals surface area contributed by atoms with Crippen LogP contribution in [0.3, 0.4) is 0 Å². The number of rotatable bonds is 4. The summed E-state index contributed by atoms with van der Waals surface area (Å²) in [5.74, 6) is 0.738. The highest BCUT2D eigenvalue weighted by molar-refractivity contribution is 4.80. The zero-order valence-electron chi connectivity index (χ0n) is 11.1. The molecule has 0 radical (unpaired) electrons. The van der Waals surface area contributed by atoms with Crippen molar-refractivity contribution in [1.29, 1.82) is 0 Å². The van der Waals surface area contributed by atoms with Crippen LogP contribution >= 0.6 is 0 Å². The molecule has 1 aliphatic heterocycles. The highest BCUT2D eigenvalue weighted by Gasteiger charge is 2.23. The molecule has 1 rings (SSSR count). The first-order valence-electron chi connectivity index (χ1n) is 6.39. The van der Waals surface area contributed by atoms with Gasteiger partial charge >= 0.3 is 0 Å². The summed E-state index contributed by atoms with van der Waals surface area (Å²) >= 11 is 0. The van der Waals surface area contributed by atoms with Crippen molar-refractivity contribution in [3.8, 4) is 0 Å². The second-order valence-electron chi connectivity index (χ2n) is 6.09. The molecule has 15 heavy (non-hydrogen) atoms. The molecule has 1 N–H and O–H groups in total. The Morgan fingerprint density at radius 2 is 1.67 bits per heavy atom. The molecule has 90 valence electrons. The van der Waals surface area contributed by atoms with E-state index in [2.05, 4.69) is 44.8 Å². The van der Waals surface area contributed by atoms with Gasteiger partial charge in [0, 0.05) is 11.6 Å². The third-order valence-electron chi connectivity index (χ3n) is 3.49. The lowest BCUT2D eigenvalue weighted by molar-refractivity contribution is 0.188. The van der Waals surface area contributed by atoms with Gasteiger partial charge in [0.1, 0.15) is 0 Å². The van der Waals surface area contributed by atoms with E-state index in [1.54, 1.807) is 0 Å². The summed E-state index contributed by atoms with van der Waals surface area (Å²) in [7, 11) is 0. The number of nitrogens with zero attached hydrogens (tertiary/aromatic N) is 1. The van der Waals surface area contributed by atoms with Crippen LogP contribution in [0, 0.1) is 5.92 Å². The van der Waals surface area contributed by atoms with Crippen molar-refractivity contribution >= 4 is 0 Å². The molecule has 2 unspecified atom stereocenters.